The normalized spacial score (nSPS) is 15.3. The van der Waals surface area contributed by atoms with E-state index < -0.39 is 9.52 Å². The van der Waals surface area contributed by atoms with Gasteiger partial charge in [-0.1, -0.05) is 35.9 Å². The van der Waals surface area contributed by atoms with Crippen LogP contribution in [0.3, 0.4) is 0 Å². The summed E-state index contributed by atoms with van der Waals surface area (Å²) in [6.45, 7) is 6.42. The number of rotatable bonds is 7. The van der Waals surface area contributed by atoms with Crippen molar-refractivity contribution in [2.24, 2.45) is 0 Å². The first-order chi connectivity index (χ1) is 21.1. The molecule has 0 bridgehead atoms. The molecule has 226 valence electrons. The standard InChI is InChI=1S/C34H35ClN6O2S/c1-23-7-5-6-8-24(23)22-41-32-25(19-30(33(41)42)29-20-28(44(3,4)43)13-14-31(29)35)21-36-34(38-32)37-26-9-11-27(12-10-26)40-17-15-39(2)16-18-40/h5-14,19-21H,3,15-18,22H2,1-2,4H3,(H,36,37,38). The van der Waals surface area contributed by atoms with Crippen LogP contribution in [-0.2, 0) is 16.1 Å². The molecule has 0 spiro atoms. The molecule has 0 radical (unpaired) electrons. The molecule has 10 heteroatoms. The summed E-state index contributed by atoms with van der Waals surface area (Å²) >= 11 is 6.62. The Morgan fingerprint density at radius 3 is 2.41 bits per heavy atom. The number of fused-ring (bicyclic) bond motifs is 1. The fourth-order valence-corrected chi connectivity index (χ4v) is 6.39. The third-order valence-corrected chi connectivity index (χ3v) is 9.72. The first-order valence-corrected chi connectivity index (χ1v) is 17.0. The minimum atomic E-state index is -2.52. The molecule has 6 rings (SSSR count). The number of likely N-dealkylation sites (N-methyl/N-ethyl adjacent to an activating group) is 1. The number of hydrogen-bond donors (Lipinski definition) is 1. The number of anilines is 3. The Bertz CT molecular complexity index is 2020. The number of nitrogens with zero attached hydrogens (tertiary/aromatic N) is 5. The summed E-state index contributed by atoms with van der Waals surface area (Å²) in [5.74, 6) is 4.19. The van der Waals surface area contributed by atoms with Crippen LogP contribution in [0.2, 0.25) is 5.02 Å². The van der Waals surface area contributed by atoms with E-state index in [0.29, 0.717) is 44.6 Å². The van der Waals surface area contributed by atoms with E-state index in [9.17, 15) is 9.00 Å². The maximum atomic E-state index is 14.2. The second kappa shape index (κ2) is 12.1. The molecule has 0 amide bonds. The molecule has 3 heterocycles. The quantitative estimate of drug-likeness (QED) is 0.233. The van der Waals surface area contributed by atoms with E-state index in [4.69, 9.17) is 16.6 Å². The van der Waals surface area contributed by atoms with E-state index in [0.717, 1.165) is 43.0 Å². The number of aryl methyl sites for hydroxylation is 1. The van der Waals surface area contributed by atoms with Gasteiger partial charge in [-0.3, -0.25) is 13.6 Å². The van der Waals surface area contributed by atoms with Crippen molar-refractivity contribution < 1.29 is 4.21 Å². The first-order valence-electron chi connectivity index (χ1n) is 14.4. The van der Waals surface area contributed by atoms with Gasteiger partial charge in [0.05, 0.1) is 6.54 Å². The molecule has 44 heavy (non-hydrogen) atoms. The van der Waals surface area contributed by atoms with Gasteiger partial charge in [0.2, 0.25) is 5.95 Å². The summed E-state index contributed by atoms with van der Waals surface area (Å²) < 4.78 is 14.4. The molecular formula is C34H35ClN6O2S. The number of halogens is 1. The number of piperazine rings is 1. The summed E-state index contributed by atoms with van der Waals surface area (Å²) in [6, 6.07) is 23.0. The number of nitrogens with one attached hydrogen (secondary N) is 1. The molecule has 1 aliphatic heterocycles. The molecule has 8 nitrogen and oxygen atoms in total. The van der Waals surface area contributed by atoms with Gasteiger partial charge in [-0.25, -0.2) is 4.98 Å². The maximum Gasteiger partial charge on any atom is 0.260 e. The SMILES string of the molecule is C=S(C)(=O)c1ccc(Cl)c(-c2cc3cnc(Nc4ccc(N5CCN(C)CC5)cc4)nc3n(Cc3ccccc3C)c2=O)c1. The summed E-state index contributed by atoms with van der Waals surface area (Å²) in [5, 5.41) is 4.37. The van der Waals surface area contributed by atoms with Crippen LogP contribution in [-0.4, -0.2) is 69.0 Å². The van der Waals surface area contributed by atoms with Crippen molar-refractivity contribution >= 4 is 55.3 Å². The van der Waals surface area contributed by atoms with Gasteiger partial charge >= 0.3 is 0 Å². The molecule has 0 saturated carbocycles. The molecule has 1 fully saturated rings. The van der Waals surface area contributed by atoms with E-state index in [1.807, 2.05) is 43.3 Å². The molecule has 1 aliphatic rings. The zero-order chi connectivity index (χ0) is 31.0. The van der Waals surface area contributed by atoms with Gasteiger partial charge in [-0.05, 0) is 89.0 Å². The average molecular weight is 627 g/mol. The topological polar surface area (TPSA) is 83.4 Å². The van der Waals surface area contributed by atoms with Crippen LogP contribution in [0.25, 0.3) is 22.2 Å². The predicted octanol–water partition coefficient (Wildman–Crippen LogP) is 5.67. The highest BCUT2D eigenvalue weighted by Crippen LogP contribution is 2.31. The second-order valence-electron chi connectivity index (χ2n) is 11.5. The van der Waals surface area contributed by atoms with Crippen LogP contribution in [0.1, 0.15) is 11.1 Å². The van der Waals surface area contributed by atoms with E-state index in [-0.39, 0.29) is 5.56 Å². The fourth-order valence-electron chi connectivity index (χ4n) is 5.45. The van der Waals surface area contributed by atoms with Crippen molar-refractivity contribution in [1.29, 1.82) is 0 Å². The van der Waals surface area contributed by atoms with E-state index in [1.54, 1.807) is 41.3 Å². The summed E-state index contributed by atoms with van der Waals surface area (Å²) in [7, 11) is -0.373. The van der Waals surface area contributed by atoms with Crippen LogP contribution in [0.4, 0.5) is 17.3 Å². The van der Waals surface area contributed by atoms with E-state index in [2.05, 4.69) is 45.2 Å². The van der Waals surface area contributed by atoms with Gasteiger partial charge in [0, 0.05) is 76.4 Å². The summed E-state index contributed by atoms with van der Waals surface area (Å²) in [6.07, 6.45) is 3.28. The van der Waals surface area contributed by atoms with Crippen molar-refractivity contribution in [3.05, 3.63) is 105 Å². The molecule has 1 N–H and O–H groups in total. The number of pyridine rings is 1. The summed E-state index contributed by atoms with van der Waals surface area (Å²) in [5.41, 5.74) is 5.21. The van der Waals surface area contributed by atoms with Gasteiger partial charge in [0.25, 0.3) is 5.56 Å². The Balaban J connectivity index is 1.41. The molecule has 1 saturated heterocycles. The Morgan fingerprint density at radius 1 is 0.977 bits per heavy atom. The molecule has 0 aliphatic carbocycles. The van der Waals surface area contributed by atoms with Gasteiger partial charge in [0.1, 0.15) is 5.65 Å². The highest BCUT2D eigenvalue weighted by Gasteiger charge is 2.18. The third kappa shape index (κ3) is 6.22. The van der Waals surface area contributed by atoms with Crippen molar-refractivity contribution in [1.82, 2.24) is 19.4 Å². The number of hydrogen-bond acceptors (Lipinski definition) is 7. The Hall–Kier alpha value is -4.18. The largest absolute Gasteiger partial charge is 0.369 e. The van der Waals surface area contributed by atoms with Crippen LogP contribution >= 0.6 is 11.6 Å². The zero-order valence-electron chi connectivity index (χ0n) is 25.1. The van der Waals surface area contributed by atoms with Crippen LogP contribution in [0, 0.1) is 6.92 Å². The Morgan fingerprint density at radius 2 is 1.70 bits per heavy atom. The van der Waals surface area contributed by atoms with Gasteiger partial charge in [0.15, 0.2) is 0 Å². The van der Waals surface area contributed by atoms with Gasteiger partial charge < -0.3 is 15.1 Å². The summed E-state index contributed by atoms with van der Waals surface area (Å²) in [4.78, 5) is 28.9. The van der Waals surface area contributed by atoms with Gasteiger partial charge in [-0.2, -0.15) is 4.98 Å². The molecule has 1 unspecified atom stereocenters. The molecule has 2 aromatic heterocycles. The number of aromatic nitrogens is 3. The smallest absolute Gasteiger partial charge is 0.260 e. The third-order valence-electron chi connectivity index (χ3n) is 8.14. The molecule has 3 aromatic carbocycles. The van der Waals surface area contributed by atoms with Crippen LogP contribution < -0.4 is 15.8 Å². The van der Waals surface area contributed by atoms with Crippen molar-refractivity contribution in [2.75, 3.05) is 49.7 Å². The number of benzene rings is 3. The lowest BCUT2D eigenvalue weighted by Crippen LogP contribution is -2.44. The Labute approximate surface area is 263 Å². The minimum Gasteiger partial charge on any atom is -0.369 e. The minimum absolute atomic E-state index is 0.257. The van der Waals surface area contributed by atoms with Crippen LogP contribution in [0.15, 0.2) is 88.7 Å². The molecular weight excluding hydrogens is 592 g/mol. The highest BCUT2D eigenvalue weighted by atomic mass is 35.5. The molecule has 5 aromatic rings. The zero-order valence-corrected chi connectivity index (χ0v) is 26.7. The fraction of sp³-hybridized carbons (Fsp3) is 0.235. The lowest BCUT2D eigenvalue weighted by atomic mass is 10.0. The first kappa shape index (κ1) is 29.9. The lowest BCUT2D eigenvalue weighted by molar-refractivity contribution is 0.313. The highest BCUT2D eigenvalue weighted by molar-refractivity contribution is 7.99. The Kier molecular flexibility index (Phi) is 8.20. The van der Waals surface area contributed by atoms with Crippen molar-refractivity contribution in [3.63, 3.8) is 0 Å². The van der Waals surface area contributed by atoms with Gasteiger partial charge in [-0.15, -0.1) is 0 Å². The van der Waals surface area contributed by atoms with Crippen LogP contribution in [0.5, 0.6) is 0 Å². The monoisotopic (exact) mass is 626 g/mol. The second-order valence-corrected chi connectivity index (χ2v) is 14.3. The van der Waals surface area contributed by atoms with Crippen molar-refractivity contribution in [3.8, 4) is 11.1 Å². The van der Waals surface area contributed by atoms with Crippen molar-refractivity contribution in [2.45, 2.75) is 18.4 Å². The average Bonchev–Trinajstić information content (AvgIpc) is 3.00. The maximum absolute atomic E-state index is 14.2. The predicted molar refractivity (Wildman–Crippen MR) is 183 cm³/mol. The lowest BCUT2D eigenvalue weighted by Gasteiger charge is -2.34. The van der Waals surface area contributed by atoms with E-state index >= 15 is 0 Å². The van der Waals surface area contributed by atoms with E-state index in [1.165, 1.54) is 5.69 Å². The molecule has 1 atom stereocenters.